The van der Waals surface area contributed by atoms with E-state index < -0.39 is 23.5 Å². The lowest BCUT2D eigenvalue weighted by Gasteiger charge is -2.41. The highest BCUT2D eigenvalue weighted by molar-refractivity contribution is 9.10. The Hall–Kier alpha value is -3.18. The van der Waals surface area contributed by atoms with Gasteiger partial charge >= 0.3 is 12.1 Å². The van der Waals surface area contributed by atoms with Crippen molar-refractivity contribution in [3.05, 3.63) is 51.7 Å². The normalized spacial score (nSPS) is 15.5. The van der Waals surface area contributed by atoms with Crippen molar-refractivity contribution in [1.29, 1.82) is 0 Å². The monoisotopic (exact) mass is 650 g/mol. The average molecular weight is 652 g/mol. The van der Waals surface area contributed by atoms with Gasteiger partial charge in [-0.15, -0.1) is 0 Å². The lowest BCUT2D eigenvalue weighted by Crippen LogP contribution is -2.54. The summed E-state index contributed by atoms with van der Waals surface area (Å²) in [7, 11) is 1.57. The number of carboxylic acids is 1. The van der Waals surface area contributed by atoms with Gasteiger partial charge in [0.2, 0.25) is 0 Å². The number of amides is 2. The summed E-state index contributed by atoms with van der Waals surface area (Å²) < 4.78 is 32.1. The Labute approximate surface area is 255 Å². The van der Waals surface area contributed by atoms with Gasteiger partial charge in [0.25, 0.3) is 5.91 Å². The second-order valence-electron chi connectivity index (χ2n) is 11.6. The molecule has 2 amide bonds. The van der Waals surface area contributed by atoms with Crippen LogP contribution >= 0.6 is 15.9 Å². The molecule has 1 N–H and O–H groups in total. The van der Waals surface area contributed by atoms with Crippen LogP contribution < -0.4 is 4.74 Å². The molecule has 0 spiro atoms. The maximum Gasteiger partial charge on any atom is 0.410 e. The number of piperidine rings is 1. The molecular weight excluding hydrogens is 611 g/mol. The molecular formula is C31H40BrFN2O7. The highest BCUT2D eigenvalue weighted by Gasteiger charge is 2.35. The average Bonchev–Trinajstić information content (AvgIpc) is 2.90. The van der Waals surface area contributed by atoms with Gasteiger partial charge in [-0.1, -0.05) is 0 Å². The Morgan fingerprint density at radius 2 is 1.86 bits per heavy atom. The summed E-state index contributed by atoms with van der Waals surface area (Å²) in [5.74, 6) is -1.85. The molecule has 0 unspecified atom stereocenters. The van der Waals surface area contributed by atoms with E-state index in [-0.39, 0.29) is 41.5 Å². The van der Waals surface area contributed by atoms with Crippen LogP contribution in [0.4, 0.5) is 9.18 Å². The zero-order valence-corrected chi connectivity index (χ0v) is 26.6. The van der Waals surface area contributed by atoms with Crippen molar-refractivity contribution >= 4 is 33.9 Å². The SMILES string of the molecule is COCCCOc1cc(C(=O)N(C(C)C)[C@@H]2CCCN(C(=O)OC(C)(C)C)C2)c(Br)cc1-c1cc(C(=O)O)ccc1F. The van der Waals surface area contributed by atoms with Crippen LogP contribution in [0.1, 0.15) is 74.6 Å². The van der Waals surface area contributed by atoms with Gasteiger partial charge in [0, 0.05) is 54.9 Å². The van der Waals surface area contributed by atoms with E-state index in [0.29, 0.717) is 54.6 Å². The van der Waals surface area contributed by atoms with Gasteiger partial charge in [-0.05, 0) is 93.7 Å². The molecule has 0 radical (unpaired) electrons. The number of carbonyl (C=O) groups is 3. The van der Waals surface area contributed by atoms with E-state index in [1.54, 1.807) is 29.0 Å². The van der Waals surface area contributed by atoms with E-state index in [4.69, 9.17) is 14.2 Å². The molecule has 0 bridgehead atoms. The number of methoxy groups -OCH3 is 1. The van der Waals surface area contributed by atoms with Gasteiger partial charge in [-0.3, -0.25) is 4.79 Å². The number of rotatable bonds is 10. The van der Waals surface area contributed by atoms with Crippen molar-refractivity contribution in [2.45, 2.75) is 71.6 Å². The summed E-state index contributed by atoms with van der Waals surface area (Å²) in [6.45, 7) is 10.8. The molecule has 42 heavy (non-hydrogen) atoms. The third-order valence-corrected chi connectivity index (χ3v) is 7.44. The zero-order chi connectivity index (χ0) is 31.2. The Morgan fingerprint density at radius 3 is 2.48 bits per heavy atom. The van der Waals surface area contributed by atoms with Crippen LogP contribution in [0.15, 0.2) is 34.8 Å². The Kier molecular flexibility index (Phi) is 11.4. The fourth-order valence-electron chi connectivity index (χ4n) is 4.93. The van der Waals surface area contributed by atoms with Crippen LogP contribution in [0.25, 0.3) is 11.1 Å². The first kappa shape index (κ1) is 33.3. The number of nitrogens with zero attached hydrogens (tertiary/aromatic N) is 2. The number of hydrogen-bond acceptors (Lipinski definition) is 6. The number of aromatic carboxylic acids is 1. The van der Waals surface area contributed by atoms with Crippen molar-refractivity contribution in [2.75, 3.05) is 33.4 Å². The Bertz CT molecular complexity index is 1290. The molecule has 11 heteroatoms. The second-order valence-corrected chi connectivity index (χ2v) is 12.4. The van der Waals surface area contributed by atoms with E-state index in [0.717, 1.165) is 6.07 Å². The molecule has 1 fully saturated rings. The first-order chi connectivity index (χ1) is 19.7. The molecule has 230 valence electrons. The van der Waals surface area contributed by atoms with Gasteiger partial charge in [0.1, 0.15) is 17.2 Å². The number of likely N-dealkylation sites (tertiary alicyclic amines) is 1. The van der Waals surface area contributed by atoms with E-state index in [1.165, 1.54) is 12.1 Å². The molecule has 1 heterocycles. The van der Waals surface area contributed by atoms with Crippen LogP contribution in [-0.4, -0.2) is 84.0 Å². The summed E-state index contributed by atoms with van der Waals surface area (Å²) in [4.78, 5) is 41.9. The number of ether oxygens (including phenoxy) is 3. The molecule has 1 saturated heterocycles. The maximum absolute atomic E-state index is 15.0. The molecule has 0 aromatic heterocycles. The second kappa shape index (κ2) is 14.3. The molecule has 3 rings (SSSR count). The van der Waals surface area contributed by atoms with E-state index >= 15 is 4.39 Å². The van der Waals surface area contributed by atoms with Gasteiger partial charge in [0.15, 0.2) is 0 Å². The Balaban J connectivity index is 2.01. The van der Waals surface area contributed by atoms with Crippen LogP contribution in [0.3, 0.4) is 0 Å². The Morgan fingerprint density at radius 1 is 1.14 bits per heavy atom. The van der Waals surface area contributed by atoms with Gasteiger partial charge in [-0.25, -0.2) is 14.0 Å². The molecule has 1 atom stereocenters. The summed E-state index contributed by atoms with van der Waals surface area (Å²) >= 11 is 3.51. The number of halogens is 2. The predicted molar refractivity (Wildman–Crippen MR) is 161 cm³/mol. The van der Waals surface area contributed by atoms with Crippen LogP contribution in [0.2, 0.25) is 0 Å². The van der Waals surface area contributed by atoms with Crippen molar-refractivity contribution in [3.63, 3.8) is 0 Å². The van der Waals surface area contributed by atoms with Crippen molar-refractivity contribution in [3.8, 4) is 16.9 Å². The van der Waals surface area contributed by atoms with Gasteiger partial charge in [-0.2, -0.15) is 0 Å². The highest BCUT2D eigenvalue weighted by atomic mass is 79.9. The predicted octanol–water partition coefficient (Wildman–Crippen LogP) is 6.62. The molecule has 0 aliphatic carbocycles. The van der Waals surface area contributed by atoms with Crippen molar-refractivity contribution in [2.24, 2.45) is 0 Å². The lowest BCUT2D eigenvalue weighted by molar-refractivity contribution is 0.00750. The van der Waals surface area contributed by atoms with E-state index in [1.807, 2.05) is 34.6 Å². The minimum atomic E-state index is -1.19. The fourth-order valence-corrected chi connectivity index (χ4v) is 5.45. The minimum Gasteiger partial charge on any atom is -0.493 e. The number of hydrogen-bond donors (Lipinski definition) is 1. The maximum atomic E-state index is 15.0. The number of carbonyl (C=O) groups excluding carboxylic acids is 2. The summed E-state index contributed by atoms with van der Waals surface area (Å²) in [5, 5.41) is 9.47. The lowest BCUT2D eigenvalue weighted by atomic mass is 9.98. The highest BCUT2D eigenvalue weighted by Crippen LogP contribution is 2.38. The van der Waals surface area contributed by atoms with Crippen molar-refractivity contribution < 1.29 is 38.1 Å². The third-order valence-electron chi connectivity index (χ3n) is 6.79. The number of carboxylic acid groups (broad SMARTS) is 1. The quantitative estimate of drug-likeness (QED) is 0.288. The molecule has 9 nitrogen and oxygen atoms in total. The molecule has 0 saturated carbocycles. The first-order valence-corrected chi connectivity index (χ1v) is 14.8. The van der Waals surface area contributed by atoms with Gasteiger partial charge < -0.3 is 29.1 Å². The van der Waals surface area contributed by atoms with Crippen molar-refractivity contribution in [1.82, 2.24) is 9.80 Å². The van der Waals surface area contributed by atoms with E-state index in [9.17, 15) is 19.5 Å². The molecule has 1 aliphatic heterocycles. The first-order valence-electron chi connectivity index (χ1n) is 14.0. The molecule has 1 aliphatic rings. The smallest absolute Gasteiger partial charge is 0.410 e. The summed E-state index contributed by atoms with van der Waals surface area (Å²) in [6.07, 6.45) is 1.57. The molecule has 2 aromatic rings. The zero-order valence-electron chi connectivity index (χ0n) is 25.0. The largest absolute Gasteiger partial charge is 0.493 e. The summed E-state index contributed by atoms with van der Waals surface area (Å²) in [6, 6.07) is 6.24. The minimum absolute atomic E-state index is 0.0392. The van der Waals surface area contributed by atoms with Gasteiger partial charge in [0.05, 0.1) is 23.8 Å². The number of benzene rings is 2. The molecule has 2 aromatic carbocycles. The van der Waals surface area contributed by atoms with E-state index in [2.05, 4.69) is 15.9 Å². The van der Waals surface area contributed by atoms with Crippen LogP contribution in [0, 0.1) is 5.82 Å². The van der Waals surface area contributed by atoms with Crippen LogP contribution in [0.5, 0.6) is 5.75 Å². The standard InChI is InChI=1S/C31H40BrFN2O7/c1-19(2)35(21-9-7-12-34(18-21)30(39)42-31(3,4)5)28(36)24-17-27(41-14-8-13-40-6)23(16-25(24)32)22-15-20(29(37)38)10-11-26(22)33/h10-11,15-17,19,21H,7-9,12-14,18H2,1-6H3,(H,37,38)/t21-/m1/s1. The third kappa shape index (κ3) is 8.44. The van der Waals surface area contributed by atoms with Crippen LogP contribution in [-0.2, 0) is 9.47 Å². The fraction of sp³-hybridized carbons (Fsp3) is 0.516. The topological polar surface area (TPSA) is 106 Å². The summed E-state index contributed by atoms with van der Waals surface area (Å²) in [5.41, 5.74) is -0.0596.